The van der Waals surface area contributed by atoms with Crippen molar-refractivity contribution in [1.29, 1.82) is 0 Å². The van der Waals surface area contributed by atoms with Crippen molar-refractivity contribution in [2.45, 2.75) is 33.3 Å². The first-order valence-corrected chi connectivity index (χ1v) is 7.72. The Morgan fingerprint density at radius 3 is 2.48 bits per heavy atom. The van der Waals surface area contributed by atoms with Gasteiger partial charge in [-0.1, -0.05) is 0 Å². The predicted molar refractivity (Wildman–Crippen MR) is 84.9 cm³/mol. The second-order valence-electron chi connectivity index (χ2n) is 5.21. The van der Waals surface area contributed by atoms with E-state index in [-0.39, 0.29) is 0 Å². The molecule has 1 aromatic rings. The van der Waals surface area contributed by atoms with E-state index in [0.717, 1.165) is 32.7 Å². The minimum Gasteiger partial charge on any atom is -0.378 e. The zero-order valence-electron chi connectivity index (χ0n) is 13.4. The van der Waals surface area contributed by atoms with Crippen LogP contribution >= 0.6 is 0 Å². The van der Waals surface area contributed by atoms with E-state index in [4.69, 9.17) is 4.74 Å². The van der Waals surface area contributed by atoms with E-state index in [0.29, 0.717) is 29.9 Å². The van der Waals surface area contributed by atoms with Gasteiger partial charge < -0.3 is 20.3 Å². The Hall–Kier alpha value is -1.63. The Labute approximate surface area is 126 Å². The Morgan fingerprint density at radius 1 is 1.19 bits per heavy atom. The summed E-state index contributed by atoms with van der Waals surface area (Å²) in [5.41, 5.74) is 0. The van der Waals surface area contributed by atoms with E-state index < -0.39 is 0 Å². The summed E-state index contributed by atoms with van der Waals surface area (Å²) >= 11 is 0. The first kappa shape index (κ1) is 15.8. The SMILES string of the molecule is CCN(CC)c1nc(NC)nc(NCC2CCOC2C)n1. The molecule has 1 fully saturated rings. The van der Waals surface area contributed by atoms with Gasteiger partial charge in [-0.05, 0) is 27.2 Å². The standard InChI is InChI=1S/C14H26N6O/c1-5-20(6-2)14-18-12(15-4)17-13(19-14)16-9-11-7-8-21-10(11)3/h10-11H,5-9H2,1-4H3,(H2,15,16,17,18,19). The molecule has 2 N–H and O–H groups in total. The molecule has 0 bridgehead atoms. The van der Waals surface area contributed by atoms with Crippen molar-refractivity contribution in [2.75, 3.05) is 48.8 Å². The molecule has 7 nitrogen and oxygen atoms in total. The van der Waals surface area contributed by atoms with Crippen LogP contribution in [0.1, 0.15) is 27.2 Å². The van der Waals surface area contributed by atoms with E-state index in [1.54, 1.807) is 0 Å². The Morgan fingerprint density at radius 2 is 1.90 bits per heavy atom. The van der Waals surface area contributed by atoms with Crippen LogP contribution in [0.2, 0.25) is 0 Å². The fourth-order valence-corrected chi connectivity index (χ4v) is 2.47. The molecule has 0 spiro atoms. The lowest BCUT2D eigenvalue weighted by Gasteiger charge is -2.20. The van der Waals surface area contributed by atoms with E-state index >= 15 is 0 Å². The zero-order valence-corrected chi connectivity index (χ0v) is 13.4. The quantitative estimate of drug-likeness (QED) is 0.791. The number of rotatable bonds is 7. The smallest absolute Gasteiger partial charge is 0.231 e. The highest BCUT2D eigenvalue weighted by atomic mass is 16.5. The minimum absolute atomic E-state index is 0.297. The zero-order chi connectivity index (χ0) is 15.2. The van der Waals surface area contributed by atoms with Crippen LogP contribution in [-0.4, -0.2) is 54.3 Å². The van der Waals surface area contributed by atoms with Crippen LogP contribution in [0, 0.1) is 5.92 Å². The molecule has 21 heavy (non-hydrogen) atoms. The normalized spacial score (nSPS) is 21.3. The van der Waals surface area contributed by atoms with Crippen LogP contribution < -0.4 is 15.5 Å². The van der Waals surface area contributed by atoms with Gasteiger partial charge in [-0.2, -0.15) is 15.0 Å². The van der Waals surface area contributed by atoms with E-state index in [1.165, 1.54) is 0 Å². The molecule has 2 heterocycles. The van der Waals surface area contributed by atoms with E-state index in [1.807, 2.05) is 7.05 Å². The number of nitrogens with one attached hydrogen (secondary N) is 2. The Balaban J connectivity index is 2.08. The predicted octanol–water partition coefficient (Wildman–Crippen LogP) is 1.60. The molecule has 2 rings (SSSR count). The maximum absolute atomic E-state index is 5.58. The highest BCUT2D eigenvalue weighted by Gasteiger charge is 2.24. The molecule has 1 aliphatic rings. The molecule has 2 unspecified atom stereocenters. The summed E-state index contributed by atoms with van der Waals surface area (Å²) in [6.07, 6.45) is 1.38. The lowest BCUT2D eigenvalue weighted by molar-refractivity contribution is 0.108. The van der Waals surface area contributed by atoms with Gasteiger partial charge in [-0.25, -0.2) is 0 Å². The highest BCUT2D eigenvalue weighted by Crippen LogP contribution is 2.21. The second-order valence-corrected chi connectivity index (χ2v) is 5.21. The van der Waals surface area contributed by atoms with Crippen molar-refractivity contribution >= 4 is 17.8 Å². The number of hydrogen-bond donors (Lipinski definition) is 2. The summed E-state index contributed by atoms with van der Waals surface area (Å²) in [7, 11) is 1.82. The molecule has 0 aromatic carbocycles. The van der Waals surface area contributed by atoms with Gasteiger partial charge in [0.2, 0.25) is 17.8 Å². The number of aromatic nitrogens is 3. The van der Waals surface area contributed by atoms with Crippen molar-refractivity contribution in [3.05, 3.63) is 0 Å². The summed E-state index contributed by atoms with van der Waals surface area (Å²) < 4.78 is 5.58. The molecule has 1 saturated heterocycles. The van der Waals surface area contributed by atoms with Crippen molar-refractivity contribution in [3.8, 4) is 0 Å². The summed E-state index contributed by atoms with van der Waals surface area (Å²) in [5, 5.41) is 6.32. The minimum atomic E-state index is 0.297. The average molecular weight is 294 g/mol. The third kappa shape index (κ3) is 3.93. The maximum Gasteiger partial charge on any atom is 0.231 e. The van der Waals surface area contributed by atoms with Gasteiger partial charge in [0.1, 0.15) is 0 Å². The summed E-state index contributed by atoms with van der Waals surface area (Å²) in [6.45, 7) is 9.72. The van der Waals surface area contributed by atoms with Crippen LogP contribution in [0.25, 0.3) is 0 Å². The van der Waals surface area contributed by atoms with Crippen LogP contribution in [-0.2, 0) is 4.74 Å². The molecule has 0 amide bonds. The Bertz CT molecular complexity index is 451. The molecule has 7 heteroatoms. The first-order valence-electron chi connectivity index (χ1n) is 7.72. The number of hydrogen-bond acceptors (Lipinski definition) is 7. The fourth-order valence-electron chi connectivity index (χ4n) is 2.47. The van der Waals surface area contributed by atoms with E-state index in [9.17, 15) is 0 Å². The number of nitrogens with zero attached hydrogens (tertiary/aromatic N) is 4. The summed E-state index contributed by atoms with van der Waals surface area (Å²) in [4.78, 5) is 15.4. The second kappa shape index (κ2) is 7.40. The molecule has 1 aliphatic heterocycles. The molecular weight excluding hydrogens is 268 g/mol. The number of anilines is 3. The van der Waals surface area contributed by atoms with Crippen LogP contribution in [0.5, 0.6) is 0 Å². The third-order valence-electron chi connectivity index (χ3n) is 3.95. The van der Waals surface area contributed by atoms with Crippen LogP contribution in [0.15, 0.2) is 0 Å². The van der Waals surface area contributed by atoms with Gasteiger partial charge in [-0.15, -0.1) is 0 Å². The molecular formula is C14H26N6O. The highest BCUT2D eigenvalue weighted by molar-refractivity contribution is 5.43. The van der Waals surface area contributed by atoms with Gasteiger partial charge in [0.05, 0.1) is 6.10 Å². The lowest BCUT2D eigenvalue weighted by atomic mass is 10.0. The van der Waals surface area contributed by atoms with Gasteiger partial charge in [0.15, 0.2) is 0 Å². The fraction of sp³-hybridized carbons (Fsp3) is 0.786. The molecule has 0 radical (unpaired) electrons. The van der Waals surface area contributed by atoms with Crippen molar-refractivity contribution in [2.24, 2.45) is 5.92 Å². The first-order chi connectivity index (χ1) is 10.2. The van der Waals surface area contributed by atoms with Gasteiger partial charge >= 0.3 is 0 Å². The van der Waals surface area contributed by atoms with Crippen molar-refractivity contribution in [1.82, 2.24) is 15.0 Å². The average Bonchev–Trinajstić information content (AvgIpc) is 2.91. The number of ether oxygens (including phenoxy) is 1. The summed E-state index contributed by atoms with van der Waals surface area (Å²) in [6, 6.07) is 0. The van der Waals surface area contributed by atoms with Crippen molar-refractivity contribution < 1.29 is 4.74 Å². The van der Waals surface area contributed by atoms with E-state index in [2.05, 4.69) is 51.3 Å². The third-order valence-corrected chi connectivity index (χ3v) is 3.95. The molecule has 1 aromatic heterocycles. The monoisotopic (exact) mass is 294 g/mol. The molecule has 0 saturated carbocycles. The van der Waals surface area contributed by atoms with Gasteiger partial charge in [-0.3, -0.25) is 0 Å². The van der Waals surface area contributed by atoms with Crippen LogP contribution in [0.3, 0.4) is 0 Å². The van der Waals surface area contributed by atoms with Gasteiger partial charge in [0.25, 0.3) is 0 Å². The topological polar surface area (TPSA) is 75.2 Å². The molecule has 118 valence electrons. The lowest BCUT2D eigenvalue weighted by Crippen LogP contribution is -2.26. The molecule has 0 aliphatic carbocycles. The molecule has 2 atom stereocenters. The Kier molecular flexibility index (Phi) is 5.55. The van der Waals surface area contributed by atoms with Gasteiger partial charge in [0, 0.05) is 39.2 Å². The van der Waals surface area contributed by atoms with Crippen LogP contribution in [0.4, 0.5) is 17.8 Å². The largest absolute Gasteiger partial charge is 0.378 e. The maximum atomic E-state index is 5.58. The van der Waals surface area contributed by atoms with Crippen molar-refractivity contribution in [3.63, 3.8) is 0 Å². The summed E-state index contributed by atoms with van der Waals surface area (Å²) in [5.74, 6) is 2.43.